The molecule has 6 aromatic rings. The maximum atomic E-state index is 4.83. The van der Waals surface area contributed by atoms with E-state index in [0.717, 1.165) is 45.4 Å². The minimum Gasteiger partial charge on any atom is -0.295 e. The number of aromatic nitrogens is 5. The number of hydrogen-bond donors (Lipinski definition) is 0. The molecule has 37 heavy (non-hydrogen) atoms. The van der Waals surface area contributed by atoms with Crippen molar-refractivity contribution in [2.45, 2.75) is 0 Å². The van der Waals surface area contributed by atoms with E-state index in [4.69, 9.17) is 15.0 Å². The molecule has 0 bridgehead atoms. The van der Waals surface area contributed by atoms with Crippen LogP contribution in [0.4, 0.5) is 0 Å². The summed E-state index contributed by atoms with van der Waals surface area (Å²) >= 11 is 0. The molecule has 0 unspecified atom stereocenters. The Hall–Kier alpha value is -4.37. The maximum absolute atomic E-state index is 4.83. The second kappa shape index (κ2) is 13.1. The molecular weight excluding hydrogens is 629 g/mol. The van der Waals surface area contributed by atoms with Gasteiger partial charge in [-0.3, -0.25) is 15.0 Å². The minimum atomic E-state index is 0. The summed E-state index contributed by atoms with van der Waals surface area (Å²) in [6, 6.07) is 40.3. The molecule has 179 valence electrons. The fourth-order valence-corrected chi connectivity index (χ4v) is 3.55. The molecule has 0 aliphatic heterocycles. The van der Waals surface area contributed by atoms with Gasteiger partial charge in [0.2, 0.25) is 0 Å². The van der Waals surface area contributed by atoms with E-state index in [1.807, 2.05) is 115 Å². The Labute approximate surface area is 230 Å². The summed E-state index contributed by atoms with van der Waals surface area (Å²) in [4.78, 5) is 22.6. The summed E-state index contributed by atoms with van der Waals surface area (Å²) in [5.74, 6) is 0. The zero-order chi connectivity index (χ0) is 24.4. The van der Waals surface area contributed by atoms with Gasteiger partial charge in [-0.25, -0.2) is 9.97 Å². The summed E-state index contributed by atoms with van der Waals surface area (Å²) in [5.41, 5.74) is 6.69. The van der Waals surface area contributed by atoms with Crippen LogP contribution in [0.3, 0.4) is 0 Å². The van der Waals surface area contributed by atoms with E-state index < -0.39 is 0 Å². The zero-order valence-corrected chi connectivity index (χ0v) is 22.5. The van der Waals surface area contributed by atoms with Gasteiger partial charge in [0.15, 0.2) is 0 Å². The molecule has 1 radical (unpaired) electrons. The van der Waals surface area contributed by atoms with Crippen LogP contribution in [-0.2, 0) is 20.4 Å². The second-order valence-corrected chi connectivity index (χ2v) is 7.74. The van der Waals surface area contributed by atoms with Gasteiger partial charge in [-0.2, -0.15) is 0 Å². The van der Waals surface area contributed by atoms with Gasteiger partial charge >= 0.3 is 0 Å². The van der Waals surface area contributed by atoms with Crippen molar-refractivity contribution < 1.29 is 20.4 Å². The largest absolute Gasteiger partial charge is 0.295 e. The molecule has 0 fully saturated rings. The van der Waals surface area contributed by atoms with Crippen molar-refractivity contribution in [3.8, 4) is 45.4 Å². The molecular formula is C31H22N5Re-. The van der Waals surface area contributed by atoms with Crippen LogP contribution in [-0.4, -0.2) is 24.9 Å². The standard InChI is InChI=1S/C26H17N4.C5H5N.Re/c1-2-9-19(10-3-1)20-12-6-14-23(28-20)24-16-8-17-26(30-24)25-15-7-13-22(29-25)21-11-4-5-18-27-21;1-2-4-6-5-3-1;/h1-9,11-18H;1-5H;/q-1;;. The Morgan fingerprint density at radius 3 is 1.35 bits per heavy atom. The van der Waals surface area contributed by atoms with E-state index in [9.17, 15) is 0 Å². The van der Waals surface area contributed by atoms with Crippen LogP contribution in [0.2, 0.25) is 0 Å². The summed E-state index contributed by atoms with van der Waals surface area (Å²) < 4.78 is 0. The van der Waals surface area contributed by atoms with Crippen molar-refractivity contribution in [2.24, 2.45) is 0 Å². The fraction of sp³-hybridized carbons (Fsp3) is 0. The first kappa shape index (κ1) is 25.7. The van der Waals surface area contributed by atoms with Crippen molar-refractivity contribution in [3.05, 3.63) is 140 Å². The van der Waals surface area contributed by atoms with Crippen LogP contribution in [0, 0.1) is 6.07 Å². The number of pyridine rings is 5. The molecule has 1 aromatic carbocycles. The van der Waals surface area contributed by atoms with Gasteiger partial charge in [-0.15, -0.1) is 35.9 Å². The van der Waals surface area contributed by atoms with Crippen molar-refractivity contribution in [1.82, 2.24) is 24.9 Å². The molecule has 6 heteroatoms. The maximum Gasteiger partial charge on any atom is 0.0894 e. The van der Waals surface area contributed by atoms with E-state index in [1.54, 1.807) is 18.6 Å². The number of rotatable bonds is 4. The summed E-state index contributed by atoms with van der Waals surface area (Å²) in [6.45, 7) is 0. The normalized spacial score (nSPS) is 9.95. The third-order valence-corrected chi connectivity index (χ3v) is 5.25. The van der Waals surface area contributed by atoms with Gasteiger partial charge in [-0.05, 0) is 60.3 Å². The van der Waals surface area contributed by atoms with Gasteiger partial charge < -0.3 is 0 Å². The van der Waals surface area contributed by atoms with Crippen LogP contribution in [0.25, 0.3) is 45.4 Å². The molecule has 5 heterocycles. The first-order valence-corrected chi connectivity index (χ1v) is 11.5. The molecule has 5 aromatic heterocycles. The molecule has 6 rings (SSSR count). The molecule has 0 saturated heterocycles. The third-order valence-electron chi connectivity index (χ3n) is 5.25. The fourth-order valence-electron chi connectivity index (χ4n) is 3.55. The summed E-state index contributed by atoms with van der Waals surface area (Å²) in [7, 11) is 0. The molecule has 0 amide bonds. The van der Waals surface area contributed by atoms with Crippen LogP contribution < -0.4 is 0 Å². The van der Waals surface area contributed by atoms with Gasteiger partial charge in [0.1, 0.15) is 0 Å². The minimum absolute atomic E-state index is 0. The average Bonchev–Trinajstić information content (AvgIpc) is 2.99. The average molecular weight is 651 g/mol. The first-order valence-electron chi connectivity index (χ1n) is 11.5. The van der Waals surface area contributed by atoms with E-state index in [2.05, 4.69) is 16.0 Å². The molecule has 5 nitrogen and oxygen atoms in total. The second-order valence-electron chi connectivity index (χ2n) is 7.74. The van der Waals surface area contributed by atoms with Crippen molar-refractivity contribution in [1.29, 1.82) is 0 Å². The summed E-state index contributed by atoms with van der Waals surface area (Å²) in [6.07, 6.45) is 5.27. The Kier molecular flexibility index (Phi) is 9.09. The monoisotopic (exact) mass is 651 g/mol. The Bertz CT molecular complexity index is 1400. The molecule has 0 saturated carbocycles. The number of nitrogens with zero attached hydrogens (tertiary/aromatic N) is 5. The Balaban J connectivity index is 0.000000404. The van der Waals surface area contributed by atoms with E-state index >= 15 is 0 Å². The predicted octanol–water partition coefficient (Wildman–Crippen LogP) is 6.81. The zero-order valence-electron chi connectivity index (χ0n) is 19.8. The van der Waals surface area contributed by atoms with Crippen molar-refractivity contribution >= 4 is 0 Å². The van der Waals surface area contributed by atoms with E-state index in [0.29, 0.717) is 0 Å². The molecule has 0 atom stereocenters. The van der Waals surface area contributed by atoms with Gasteiger partial charge in [0.05, 0.1) is 34.2 Å². The quantitative estimate of drug-likeness (QED) is 0.196. The topological polar surface area (TPSA) is 64.5 Å². The van der Waals surface area contributed by atoms with Crippen LogP contribution in [0.5, 0.6) is 0 Å². The number of hydrogen-bond acceptors (Lipinski definition) is 5. The van der Waals surface area contributed by atoms with Crippen LogP contribution in [0.1, 0.15) is 0 Å². The smallest absolute Gasteiger partial charge is 0.0894 e. The molecule has 0 aliphatic carbocycles. The third kappa shape index (κ3) is 6.86. The van der Waals surface area contributed by atoms with E-state index in [1.165, 1.54) is 0 Å². The van der Waals surface area contributed by atoms with Crippen LogP contribution in [0.15, 0.2) is 134 Å². The number of benzene rings is 1. The summed E-state index contributed by atoms with van der Waals surface area (Å²) in [5, 5.41) is 0. The van der Waals surface area contributed by atoms with Gasteiger partial charge in [0, 0.05) is 39.0 Å². The first-order chi connectivity index (χ1) is 17.9. The Morgan fingerprint density at radius 2 is 0.892 bits per heavy atom. The molecule has 0 spiro atoms. The SMILES string of the molecule is [Re].[c-]1ccccc1-c1cccc(-c2cccc(-c3cccc(-c4ccccn4)n3)n2)n1.c1ccncc1. The Morgan fingerprint density at radius 1 is 0.405 bits per heavy atom. The van der Waals surface area contributed by atoms with Crippen molar-refractivity contribution in [2.75, 3.05) is 0 Å². The van der Waals surface area contributed by atoms with E-state index in [-0.39, 0.29) is 20.4 Å². The van der Waals surface area contributed by atoms with Gasteiger partial charge in [0.25, 0.3) is 0 Å². The molecule has 0 aliphatic rings. The van der Waals surface area contributed by atoms with Crippen LogP contribution >= 0.6 is 0 Å². The van der Waals surface area contributed by atoms with Gasteiger partial charge in [-0.1, -0.05) is 36.4 Å². The predicted molar refractivity (Wildman–Crippen MR) is 142 cm³/mol. The van der Waals surface area contributed by atoms with Crippen molar-refractivity contribution in [3.63, 3.8) is 0 Å². The molecule has 0 N–H and O–H groups in total.